The third-order valence-electron chi connectivity index (χ3n) is 2.48. The van der Waals surface area contributed by atoms with Gasteiger partial charge in [0.2, 0.25) is 0 Å². The predicted octanol–water partition coefficient (Wildman–Crippen LogP) is 2.69. The van der Waals surface area contributed by atoms with Crippen LogP contribution in [0.2, 0.25) is 0 Å². The van der Waals surface area contributed by atoms with E-state index >= 15 is 0 Å². The number of nitrogens with one attached hydrogen (secondary N) is 2. The molecule has 2 aromatic rings. The number of amides is 2. The van der Waals surface area contributed by atoms with Crippen LogP contribution < -0.4 is 10.6 Å². The molecule has 3 N–H and O–H groups in total. The van der Waals surface area contributed by atoms with Crippen LogP contribution >= 0.6 is 0 Å². The summed E-state index contributed by atoms with van der Waals surface area (Å²) in [5.41, 5.74) is 0.685. The molecule has 0 saturated carbocycles. The van der Waals surface area contributed by atoms with E-state index in [2.05, 4.69) is 10.6 Å². The van der Waals surface area contributed by atoms with E-state index in [1.807, 2.05) is 19.1 Å². The first-order valence-electron chi connectivity index (χ1n) is 5.48. The number of aromatic hydroxyl groups is 1. The van der Waals surface area contributed by atoms with Crippen molar-refractivity contribution in [1.82, 2.24) is 5.32 Å². The van der Waals surface area contributed by atoms with Crippen molar-refractivity contribution < 1.29 is 9.90 Å². The maximum atomic E-state index is 11.5. The Balaban J connectivity index is 2.41. The van der Waals surface area contributed by atoms with E-state index in [9.17, 15) is 9.90 Å². The number of anilines is 1. The van der Waals surface area contributed by atoms with Gasteiger partial charge in [-0.2, -0.15) is 0 Å². The lowest BCUT2D eigenvalue weighted by Gasteiger charge is -2.09. The molecule has 0 aliphatic carbocycles. The molecule has 0 bridgehead atoms. The van der Waals surface area contributed by atoms with Crippen molar-refractivity contribution in [1.29, 1.82) is 0 Å². The summed E-state index contributed by atoms with van der Waals surface area (Å²) in [6.07, 6.45) is 0. The SMILES string of the molecule is CCNC(=O)Nc1cccc2c(O)cccc12. The molecule has 2 aromatic carbocycles. The van der Waals surface area contributed by atoms with Gasteiger partial charge in [-0.1, -0.05) is 24.3 Å². The van der Waals surface area contributed by atoms with Crippen LogP contribution in [-0.2, 0) is 0 Å². The molecule has 2 amide bonds. The van der Waals surface area contributed by atoms with Crippen molar-refractivity contribution in [2.75, 3.05) is 11.9 Å². The predicted molar refractivity (Wildman–Crippen MR) is 68.3 cm³/mol. The molecule has 0 spiro atoms. The molecule has 0 aliphatic rings. The standard InChI is InChI=1S/C13H14N2O2/c1-2-14-13(17)15-11-7-3-6-10-9(11)5-4-8-12(10)16/h3-8,16H,2H2,1H3,(H2,14,15,17). The Labute approximate surface area is 99.3 Å². The Kier molecular flexibility index (Phi) is 3.14. The minimum Gasteiger partial charge on any atom is -0.507 e. The zero-order valence-electron chi connectivity index (χ0n) is 9.53. The summed E-state index contributed by atoms with van der Waals surface area (Å²) in [5.74, 6) is 0.210. The van der Waals surface area contributed by atoms with Crippen molar-refractivity contribution in [3.63, 3.8) is 0 Å². The van der Waals surface area contributed by atoms with Crippen LogP contribution in [0.3, 0.4) is 0 Å². The Hall–Kier alpha value is -2.23. The fourth-order valence-corrected chi connectivity index (χ4v) is 1.73. The van der Waals surface area contributed by atoms with Gasteiger partial charge in [-0.3, -0.25) is 0 Å². The van der Waals surface area contributed by atoms with Gasteiger partial charge < -0.3 is 15.7 Å². The Morgan fingerprint density at radius 1 is 1.18 bits per heavy atom. The second-order valence-corrected chi connectivity index (χ2v) is 3.66. The highest BCUT2D eigenvalue weighted by molar-refractivity contribution is 6.03. The fraction of sp³-hybridized carbons (Fsp3) is 0.154. The van der Waals surface area contributed by atoms with Crippen LogP contribution in [-0.4, -0.2) is 17.7 Å². The highest BCUT2D eigenvalue weighted by atomic mass is 16.3. The topological polar surface area (TPSA) is 61.4 Å². The molecule has 2 rings (SSSR count). The number of carbonyl (C=O) groups is 1. The largest absolute Gasteiger partial charge is 0.507 e. The lowest BCUT2D eigenvalue weighted by molar-refractivity contribution is 0.252. The number of hydrogen-bond donors (Lipinski definition) is 3. The van der Waals surface area contributed by atoms with Gasteiger partial charge in [-0.25, -0.2) is 4.79 Å². The van der Waals surface area contributed by atoms with E-state index in [4.69, 9.17) is 0 Å². The van der Waals surface area contributed by atoms with Crippen molar-refractivity contribution in [3.8, 4) is 5.75 Å². The van der Waals surface area contributed by atoms with E-state index < -0.39 is 0 Å². The fourth-order valence-electron chi connectivity index (χ4n) is 1.73. The molecule has 0 radical (unpaired) electrons. The van der Waals surface area contributed by atoms with Crippen LogP contribution in [0.5, 0.6) is 5.75 Å². The Morgan fingerprint density at radius 2 is 1.88 bits per heavy atom. The van der Waals surface area contributed by atoms with Gasteiger partial charge in [0.15, 0.2) is 0 Å². The number of phenols is 1. The van der Waals surface area contributed by atoms with E-state index in [-0.39, 0.29) is 11.8 Å². The molecule has 0 saturated heterocycles. The third kappa shape index (κ3) is 2.30. The highest BCUT2D eigenvalue weighted by Crippen LogP contribution is 2.29. The average Bonchev–Trinajstić information content (AvgIpc) is 2.31. The number of carbonyl (C=O) groups excluding carboxylic acids is 1. The van der Waals surface area contributed by atoms with E-state index in [0.29, 0.717) is 12.2 Å². The molecule has 17 heavy (non-hydrogen) atoms. The number of urea groups is 1. The Bertz CT molecular complexity index is 552. The highest BCUT2D eigenvalue weighted by Gasteiger charge is 2.06. The van der Waals surface area contributed by atoms with Gasteiger partial charge in [0.05, 0.1) is 5.69 Å². The first-order valence-corrected chi connectivity index (χ1v) is 5.48. The summed E-state index contributed by atoms with van der Waals surface area (Å²) in [7, 11) is 0. The normalized spacial score (nSPS) is 10.2. The second kappa shape index (κ2) is 4.74. The molecule has 88 valence electrons. The van der Waals surface area contributed by atoms with Crippen LogP contribution in [0.25, 0.3) is 10.8 Å². The molecular weight excluding hydrogens is 216 g/mol. The number of hydrogen-bond acceptors (Lipinski definition) is 2. The summed E-state index contributed by atoms with van der Waals surface area (Å²) in [4.78, 5) is 11.5. The molecular formula is C13H14N2O2. The van der Waals surface area contributed by atoms with Crippen LogP contribution in [0.15, 0.2) is 36.4 Å². The molecule has 0 aromatic heterocycles. The third-order valence-corrected chi connectivity index (χ3v) is 2.48. The van der Waals surface area contributed by atoms with E-state index in [1.54, 1.807) is 24.3 Å². The van der Waals surface area contributed by atoms with Gasteiger partial charge in [0.25, 0.3) is 0 Å². The summed E-state index contributed by atoms with van der Waals surface area (Å²) in [5, 5.41) is 16.7. The van der Waals surface area contributed by atoms with Crippen molar-refractivity contribution in [3.05, 3.63) is 36.4 Å². The molecule has 0 fully saturated rings. The van der Waals surface area contributed by atoms with Crippen molar-refractivity contribution in [2.24, 2.45) is 0 Å². The minimum atomic E-state index is -0.247. The van der Waals surface area contributed by atoms with Gasteiger partial charge >= 0.3 is 6.03 Å². The zero-order valence-corrected chi connectivity index (χ0v) is 9.53. The average molecular weight is 230 g/mol. The van der Waals surface area contributed by atoms with Gasteiger partial charge in [0.1, 0.15) is 5.75 Å². The summed E-state index contributed by atoms with van der Waals surface area (Å²) in [6.45, 7) is 2.43. The molecule has 4 heteroatoms. The lowest BCUT2D eigenvalue weighted by Crippen LogP contribution is -2.28. The minimum absolute atomic E-state index is 0.210. The first kappa shape index (κ1) is 11.3. The van der Waals surface area contributed by atoms with Crippen LogP contribution in [0.4, 0.5) is 10.5 Å². The number of phenolic OH excluding ortho intramolecular Hbond substituents is 1. The summed E-state index contributed by atoms with van der Waals surface area (Å²) < 4.78 is 0. The number of rotatable bonds is 2. The van der Waals surface area contributed by atoms with Gasteiger partial charge in [-0.15, -0.1) is 0 Å². The maximum Gasteiger partial charge on any atom is 0.319 e. The quantitative estimate of drug-likeness (QED) is 0.742. The summed E-state index contributed by atoms with van der Waals surface area (Å²) in [6, 6.07) is 10.4. The summed E-state index contributed by atoms with van der Waals surface area (Å²) >= 11 is 0. The van der Waals surface area contributed by atoms with E-state index in [1.165, 1.54) is 0 Å². The second-order valence-electron chi connectivity index (χ2n) is 3.66. The lowest BCUT2D eigenvalue weighted by atomic mass is 10.1. The van der Waals surface area contributed by atoms with Crippen LogP contribution in [0, 0.1) is 0 Å². The maximum absolute atomic E-state index is 11.5. The van der Waals surface area contributed by atoms with E-state index in [0.717, 1.165) is 10.8 Å². The molecule has 4 nitrogen and oxygen atoms in total. The molecule has 0 heterocycles. The zero-order chi connectivity index (χ0) is 12.3. The molecule has 0 unspecified atom stereocenters. The van der Waals surface area contributed by atoms with Crippen LogP contribution in [0.1, 0.15) is 6.92 Å². The number of fused-ring (bicyclic) bond motifs is 1. The number of benzene rings is 2. The van der Waals surface area contributed by atoms with Gasteiger partial charge in [-0.05, 0) is 19.1 Å². The Morgan fingerprint density at radius 3 is 2.65 bits per heavy atom. The molecule has 0 atom stereocenters. The first-order chi connectivity index (χ1) is 8.22. The monoisotopic (exact) mass is 230 g/mol. The van der Waals surface area contributed by atoms with Crippen molar-refractivity contribution >= 4 is 22.5 Å². The smallest absolute Gasteiger partial charge is 0.319 e. The molecule has 0 aliphatic heterocycles. The van der Waals surface area contributed by atoms with Gasteiger partial charge in [0, 0.05) is 17.3 Å². The van der Waals surface area contributed by atoms with Crippen molar-refractivity contribution in [2.45, 2.75) is 6.92 Å².